The Morgan fingerprint density at radius 2 is 1.81 bits per heavy atom. The van der Waals surface area contributed by atoms with Gasteiger partial charge in [0.15, 0.2) is 11.5 Å². The molecule has 0 spiro atoms. The first kappa shape index (κ1) is 17.8. The fraction of sp³-hybridized carbons (Fsp3) is 0.111. The number of hydrogen-bond donors (Lipinski definition) is 1. The van der Waals surface area contributed by atoms with Crippen LogP contribution in [-0.4, -0.2) is 21.7 Å². The van der Waals surface area contributed by atoms with Crippen LogP contribution in [0.15, 0.2) is 64.3 Å². The Bertz CT molecular complexity index is 952. The van der Waals surface area contributed by atoms with E-state index in [2.05, 4.69) is 15.9 Å². The highest BCUT2D eigenvalue weighted by molar-refractivity contribution is 9.10. The zero-order chi connectivity index (χ0) is 19.0. The monoisotopic (exact) mass is 416 g/mol. The van der Waals surface area contributed by atoms with Crippen LogP contribution in [0, 0.1) is 10.1 Å². The maximum atomic E-state index is 12.7. The molecule has 0 aliphatic carbocycles. The number of nitro benzene ring substituents is 1. The van der Waals surface area contributed by atoms with Gasteiger partial charge in [0.1, 0.15) is 6.04 Å². The number of para-hydroxylation sites is 1. The molecule has 0 saturated carbocycles. The van der Waals surface area contributed by atoms with Crippen molar-refractivity contribution in [2.45, 2.75) is 13.0 Å². The van der Waals surface area contributed by atoms with Crippen molar-refractivity contribution < 1.29 is 19.6 Å². The molecule has 26 heavy (non-hydrogen) atoms. The van der Waals surface area contributed by atoms with Crippen LogP contribution in [0.2, 0.25) is 0 Å². The fourth-order valence-electron chi connectivity index (χ4n) is 3.01. The molecule has 1 aliphatic heterocycles. The van der Waals surface area contributed by atoms with Gasteiger partial charge in [0.2, 0.25) is 0 Å². The lowest BCUT2D eigenvalue weighted by molar-refractivity contribution is -0.385. The number of ketones is 1. The third-order valence-corrected chi connectivity index (χ3v) is 4.65. The van der Waals surface area contributed by atoms with Gasteiger partial charge in [0.25, 0.3) is 11.6 Å². The van der Waals surface area contributed by atoms with E-state index in [1.165, 1.54) is 30.0 Å². The molecular weight excluding hydrogens is 404 g/mol. The van der Waals surface area contributed by atoms with Crippen LogP contribution in [0.3, 0.4) is 0 Å². The highest BCUT2D eigenvalue weighted by Crippen LogP contribution is 2.43. The Balaban J connectivity index is 2.25. The number of nitro groups is 1. The fourth-order valence-corrected chi connectivity index (χ4v) is 3.28. The summed E-state index contributed by atoms with van der Waals surface area (Å²) in [6.07, 6.45) is 0. The maximum Gasteiger partial charge on any atom is 0.294 e. The van der Waals surface area contributed by atoms with Gasteiger partial charge in [-0.15, -0.1) is 0 Å². The first-order valence-electron chi connectivity index (χ1n) is 7.59. The maximum absolute atomic E-state index is 12.7. The average Bonchev–Trinajstić information content (AvgIpc) is 2.87. The van der Waals surface area contributed by atoms with Crippen molar-refractivity contribution in [2.75, 3.05) is 4.90 Å². The molecule has 1 atom stereocenters. The number of hydrogen-bond acceptors (Lipinski definition) is 5. The average molecular weight is 417 g/mol. The number of aliphatic hydroxyl groups excluding tert-OH is 1. The summed E-state index contributed by atoms with van der Waals surface area (Å²) in [5.74, 6) is -2.00. The molecule has 1 unspecified atom stereocenters. The molecule has 0 saturated heterocycles. The Labute approximate surface area is 156 Å². The van der Waals surface area contributed by atoms with Gasteiger partial charge in [0.05, 0.1) is 16.1 Å². The predicted molar refractivity (Wildman–Crippen MR) is 97.8 cm³/mol. The molecule has 0 fully saturated rings. The number of carbonyl (C=O) groups excluding carboxylic acids is 2. The highest BCUT2D eigenvalue weighted by atomic mass is 79.9. The van der Waals surface area contributed by atoms with Crippen LogP contribution in [0.25, 0.3) is 0 Å². The number of benzene rings is 2. The summed E-state index contributed by atoms with van der Waals surface area (Å²) in [4.78, 5) is 36.8. The topological polar surface area (TPSA) is 101 Å². The number of carbonyl (C=O) groups is 2. The molecule has 1 N–H and O–H groups in total. The van der Waals surface area contributed by atoms with Crippen molar-refractivity contribution >= 4 is 39.0 Å². The van der Waals surface area contributed by atoms with Crippen LogP contribution in [0.1, 0.15) is 18.5 Å². The van der Waals surface area contributed by atoms with Gasteiger partial charge >= 0.3 is 0 Å². The summed E-state index contributed by atoms with van der Waals surface area (Å²) in [5.41, 5.74) is 0.167. The van der Waals surface area contributed by atoms with Gasteiger partial charge < -0.3 is 5.11 Å². The summed E-state index contributed by atoms with van der Waals surface area (Å²) in [6.45, 7) is 1.21. The summed E-state index contributed by atoms with van der Waals surface area (Å²) in [6, 6.07) is 11.4. The first-order valence-corrected chi connectivity index (χ1v) is 8.38. The number of nitrogens with zero attached hydrogens (tertiary/aromatic N) is 2. The summed E-state index contributed by atoms with van der Waals surface area (Å²) in [7, 11) is 0. The minimum absolute atomic E-state index is 0.156. The Hall–Kier alpha value is -3.00. The lowest BCUT2D eigenvalue weighted by Gasteiger charge is -2.26. The van der Waals surface area contributed by atoms with E-state index in [9.17, 15) is 24.8 Å². The van der Waals surface area contributed by atoms with Crippen molar-refractivity contribution in [1.82, 2.24) is 0 Å². The lowest BCUT2D eigenvalue weighted by atomic mass is 9.95. The van der Waals surface area contributed by atoms with E-state index in [4.69, 9.17) is 0 Å². The van der Waals surface area contributed by atoms with E-state index in [0.29, 0.717) is 5.69 Å². The van der Waals surface area contributed by atoms with E-state index < -0.39 is 28.4 Å². The SMILES string of the molecule is CC(=O)C1=C(O)C(=O)N(c2ccc(Br)cc2)C1c1ccccc1[N+](=O)[O-]. The van der Waals surface area contributed by atoms with Gasteiger partial charge in [-0.3, -0.25) is 24.6 Å². The molecule has 132 valence electrons. The number of halogens is 1. The van der Waals surface area contributed by atoms with Gasteiger partial charge in [-0.2, -0.15) is 0 Å². The quantitative estimate of drug-likeness (QED) is 0.602. The molecule has 0 bridgehead atoms. The largest absolute Gasteiger partial charge is 0.503 e. The van der Waals surface area contributed by atoms with E-state index in [1.807, 2.05) is 0 Å². The minimum atomic E-state index is -1.08. The van der Waals surface area contributed by atoms with Crippen LogP contribution in [0.4, 0.5) is 11.4 Å². The lowest BCUT2D eigenvalue weighted by Crippen LogP contribution is -2.31. The molecule has 8 heteroatoms. The van der Waals surface area contributed by atoms with E-state index in [1.54, 1.807) is 30.3 Å². The smallest absolute Gasteiger partial charge is 0.294 e. The van der Waals surface area contributed by atoms with E-state index >= 15 is 0 Å². The molecule has 0 aromatic heterocycles. The molecule has 1 aliphatic rings. The van der Waals surface area contributed by atoms with Gasteiger partial charge in [0, 0.05) is 16.2 Å². The predicted octanol–water partition coefficient (Wildman–Crippen LogP) is 3.85. The highest BCUT2D eigenvalue weighted by Gasteiger charge is 2.45. The molecule has 1 amide bonds. The second kappa shape index (κ2) is 6.72. The number of rotatable bonds is 4. The van der Waals surface area contributed by atoms with Crippen molar-refractivity contribution in [2.24, 2.45) is 0 Å². The third kappa shape index (κ3) is 2.88. The number of Topliss-reactive ketones (excluding diaryl/α,β-unsaturated/α-hetero) is 1. The van der Waals surface area contributed by atoms with Crippen LogP contribution >= 0.6 is 15.9 Å². The normalized spacial score (nSPS) is 16.9. The molecular formula is C18H13BrN2O5. The van der Waals surface area contributed by atoms with Crippen molar-refractivity contribution in [3.63, 3.8) is 0 Å². The van der Waals surface area contributed by atoms with E-state index in [0.717, 1.165) is 4.47 Å². The third-order valence-electron chi connectivity index (χ3n) is 4.12. The summed E-state index contributed by atoms with van der Waals surface area (Å²) < 4.78 is 0.777. The second-order valence-corrected chi connectivity index (χ2v) is 6.60. The Morgan fingerprint density at radius 1 is 1.19 bits per heavy atom. The summed E-state index contributed by atoms with van der Waals surface area (Å²) in [5, 5.41) is 21.7. The van der Waals surface area contributed by atoms with Crippen molar-refractivity contribution in [1.29, 1.82) is 0 Å². The van der Waals surface area contributed by atoms with Crippen LogP contribution in [0.5, 0.6) is 0 Å². The standard InChI is InChI=1S/C18H13BrN2O5/c1-10(22)15-16(13-4-2-3-5-14(13)21(25)26)20(18(24)17(15)23)12-8-6-11(19)7-9-12/h2-9,16,23H,1H3. The van der Waals surface area contributed by atoms with E-state index in [-0.39, 0.29) is 16.8 Å². The van der Waals surface area contributed by atoms with Crippen molar-refractivity contribution in [3.05, 3.63) is 80.0 Å². The zero-order valence-electron chi connectivity index (χ0n) is 13.5. The molecule has 0 radical (unpaired) electrons. The Kier molecular flexibility index (Phi) is 4.60. The number of aliphatic hydroxyl groups is 1. The molecule has 2 aromatic rings. The summed E-state index contributed by atoms with van der Waals surface area (Å²) >= 11 is 3.30. The van der Waals surface area contributed by atoms with Crippen LogP contribution in [-0.2, 0) is 9.59 Å². The zero-order valence-corrected chi connectivity index (χ0v) is 15.1. The number of anilines is 1. The van der Waals surface area contributed by atoms with Gasteiger partial charge in [-0.1, -0.05) is 28.1 Å². The van der Waals surface area contributed by atoms with Crippen molar-refractivity contribution in [3.8, 4) is 0 Å². The van der Waals surface area contributed by atoms with Crippen LogP contribution < -0.4 is 4.90 Å². The number of amides is 1. The molecule has 1 heterocycles. The molecule has 2 aromatic carbocycles. The first-order chi connectivity index (χ1) is 12.3. The van der Waals surface area contributed by atoms with Gasteiger partial charge in [-0.05, 0) is 37.3 Å². The molecule has 3 rings (SSSR count). The second-order valence-electron chi connectivity index (χ2n) is 5.69. The molecule has 7 nitrogen and oxygen atoms in total. The Morgan fingerprint density at radius 3 is 2.38 bits per heavy atom. The minimum Gasteiger partial charge on any atom is -0.503 e. The van der Waals surface area contributed by atoms with Gasteiger partial charge in [-0.25, -0.2) is 0 Å².